The van der Waals surface area contributed by atoms with Crippen molar-refractivity contribution in [1.29, 1.82) is 0 Å². The molecule has 0 spiro atoms. The van der Waals surface area contributed by atoms with Crippen molar-refractivity contribution in [3.05, 3.63) is 84.1 Å². The lowest BCUT2D eigenvalue weighted by molar-refractivity contribution is -0.137. The summed E-state index contributed by atoms with van der Waals surface area (Å²) < 4.78 is 128. The van der Waals surface area contributed by atoms with Gasteiger partial charge in [-0.2, -0.15) is 8.42 Å². The molecule has 8 N–H and O–H groups in total. The van der Waals surface area contributed by atoms with Gasteiger partial charge in [-0.25, -0.2) is 44.8 Å². The van der Waals surface area contributed by atoms with Gasteiger partial charge in [0.1, 0.15) is 5.82 Å². The monoisotopic (exact) mass is 1190 g/mol. The summed E-state index contributed by atoms with van der Waals surface area (Å²) >= 11 is 0. The highest BCUT2D eigenvalue weighted by Gasteiger charge is 2.15. The molecule has 0 fully saturated rings. The Kier molecular flexibility index (Phi) is 31.2. The lowest BCUT2D eigenvalue weighted by Crippen LogP contribution is -2.21. The summed E-state index contributed by atoms with van der Waals surface area (Å²) in [5, 5.41) is 6.42. The Morgan fingerprint density at radius 2 is 1.00 bits per heavy atom. The van der Waals surface area contributed by atoms with E-state index in [1.54, 1.807) is 51.6 Å². The number of H-pyrrole nitrogens is 1. The smallest absolute Gasteiger partial charge is 0.337 e. The third kappa shape index (κ3) is 32.0. The van der Waals surface area contributed by atoms with E-state index < -0.39 is 58.2 Å². The standard InChI is InChI=1S/C17H21N5O3S.C13H20N2O5S.C9H12N2O4S.C5H12O4S.C3H6O2.CH4/c1-11(10-25-2)19-13-7-12(8-14(9-13)22-26(3,23)24)16-20-15-5-4-6-18-17(15)21-16;1-9(8-19-2)14-11-5-10(13(16)20-3)6-12(7-11)15-21(4,17)18;1-15-9(12)6-3-7(10)5-8(4-6)11-16(2,13)14;1-5(4-8-2)9-10(3,6)7;1-3(4)5-2;/h4-9,11,19,22H,10H2,1-3H3,(H,18,20,21);5-7,9,14-15H,8H2,1-4H3;3-5,11H,10H2,1-2H3;5H,4H2,1-3H3;1-2H3;1H4. The summed E-state index contributed by atoms with van der Waals surface area (Å²) in [4.78, 5) is 44.4. The molecule has 0 saturated heterocycles. The van der Waals surface area contributed by atoms with Gasteiger partial charge in [0.2, 0.25) is 30.1 Å². The third-order valence-corrected chi connectivity index (χ3v) is 11.3. The van der Waals surface area contributed by atoms with Crippen LogP contribution in [0.4, 0.5) is 34.1 Å². The molecule has 0 aliphatic carbocycles. The number of esters is 3. The molecule has 79 heavy (non-hydrogen) atoms. The highest BCUT2D eigenvalue weighted by molar-refractivity contribution is 7.92. The minimum absolute atomic E-state index is 0. The minimum Gasteiger partial charge on any atom is -0.469 e. The zero-order valence-corrected chi connectivity index (χ0v) is 49.0. The number of hydrogen-bond acceptors (Lipinski definition) is 23. The number of aromatic nitrogens is 3. The number of imidazole rings is 1. The first kappa shape index (κ1) is 72.1. The van der Waals surface area contributed by atoms with Gasteiger partial charge in [-0.15, -0.1) is 0 Å². The first-order chi connectivity index (χ1) is 36.1. The molecule has 2 heterocycles. The summed E-state index contributed by atoms with van der Waals surface area (Å²) in [6.45, 7) is 8.14. The number of carbonyl (C=O) groups is 3. The second-order valence-electron chi connectivity index (χ2n) is 16.8. The summed E-state index contributed by atoms with van der Waals surface area (Å²) in [5.41, 5.74) is 10.7. The molecule has 3 atom stereocenters. The van der Waals surface area contributed by atoms with E-state index in [9.17, 15) is 48.1 Å². The number of hydrogen-bond donors (Lipinski definition) is 7. The Morgan fingerprint density at radius 3 is 1.41 bits per heavy atom. The number of nitrogens with one attached hydrogen (secondary N) is 6. The summed E-state index contributed by atoms with van der Waals surface area (Å²) in [6, 6.07) is 17.9. The van der Waals surface area contributed by atoms with Crippen LogP contribution in [0.15, 0.2) is 72.9 Å². The van der Waals surface area contributed by atoms with Crippen LogP contribution >= 0.6 is 0 Å². The predicted molar refractivity (Wildman–Crippen MR) is 306 cm³/mol. The number of ether oxygens (including phenoxy) is 6. The van der Waals surface area contributed by atoms with E-state index in [0.29, 0.717) is 36.1 Å². The van der Waals surface area contributed by atoms with Gasteiger partial charge in [0.15, 0.2) is 5.65 Å². The highest BCUT2D eigenvalue weighted by atomic mass is 32.2. The topological polar surface area (TPSA) is 380 Å². The van der Waals surface area contributed by atoms with Gasteiger partial charge in [0.25, 0.3) is 10.1 Å². The van der Waals surface area contributed by atoms with Crippen molar-refractivity contribution in [3.63, 3.8) is 0 Å². The molecule has 0 radical (unpaired) electrons. The lowest BCUT2D eigenvalue weighted by atomic mass is 10.1. The normalized spacial score (nSPS) is 12.1. The average molecular weight is 1190 g/mol. The van der Waals surface area contributed by atoms with E-state index in [2.05, 4.69) is 62.9 Å². The Hall–Kier alpha value is -6.87. The number of nitrogen functional groups attached to an aromatic ring is 1. The number of benzene rings is 3. The minimum atomic E-state index is -3.44. The maximum atomic E-state index is 11.6. The molecule has 0 amide bonds. The number of anilines is 6. The first-order valence-corrected chi connectivity index (χ1v) is 30.2. The van der Waals surface area contributed by atoms with E-state index in [1.165, 1.54) is 59.6 Å². The molecular weight excluding hydrogens is 1120 g/mol. The number of sulfonamides is 3. The molecule has 3 aromatic carbocycles. The van der Waals surface area contributed by atoms with E-state index in [1.807, 2.05) is 32.0 Å². The Morgan fingerprint density at radius 1 is 0.595 bits per heavy atom. The van der Waals surface area contributed by atoms with Crippen molar-refractivity contribution in [3.8, 4) is 11.4 Å². The Balaban J connectivity index is 0.00000104. The van der Waals surface area contributed by atoms with Crippen molar-refractivity contribution >= 4 is 103 Å². The number of nitrogens with two attached hydrogens (primary N) is 1. The van der Waals surface area contributed by atoms with Crippen LogP contribution < -0.4 is 30.5 Å². The van der Waals surface area contributed by atoms with Crippen LogP contribution in [0.5, 0.6) is 0 Å². The maximum Gasteiger partial charge on any atom is 0.337 e. The molecule has 0 bridgehead atoms. The van der Waals surface area contributed by atoms with Gasteiger partial charge in [-0.05, 0) is 87.5 Å². The molecule has 3 unspecified atom stereocenters. The van der Waals surface area contributed by atoms with Crippen LogP contribution in [0.3, 0.4) is 0 Å². The molecule has 0 saturated carbocycles. The van der Waals surface area contributed by atoms with Crippen LogP contribution in [0, 0.1) is 0 Å². The van der Waals surface area contributed by atoms with Crippen LogP contribution in [-0.4, -0.2) is 172 Å². The predicted octanol–water partition coefficient (Wildman–Crippen LogP) is 4.97. The molecule has 0 aliphatic heterocycles. The van der Waals surface area contributed by atoms with Gasteiger partial charge in [-0.3, -0.25) is 23.1 Å². The number of rotatable bonds is 21. The largest absolute Gasteiger partial charge is 0.469 e. The second kappa shape index (κ2) is 34.2. The zero-order chi connectivity index (χ0) is 59.6. The van der Waals surface area contributed by atoms with Gasteiger partial charge in [0, 0.05) is 69.2 Å². The summed E-state index contributed by atoms with van der Waals surface area (Å²) in [7, 11) is -5.02. The quantitative estimate of drug-likeness (QED) is 0.0220. The molecule has 27 nitrogen and oxygen atoms in total. The second-order valence-corrected chi connectivity index (χ2v) is 23.6. The molecule has 0 aliphatic rings. The molecule has 2 aromatic heterocycles. The number of methoxy groups -OCH3 is 6. The Bertz CT molecular complexity index is 3170. The highest BCUT2D eigenvalue weighted by Crippen LogP contribution is 2.28. The number of pyridine rings is 1. The lowest BCUT2D eigenvalue weighted by Gasteiger charge is -2.16. The van der Waals surface area contributed by atoms with E-state index >= 15 is 0 Å². The number of aromatic amines is 1. The Labute approximate surface area is 463 Å². The zero-order valence-electron chi connectivity index (χ0n) is 45.7. The van der Waals surface area contributed by atoms with Crippen LogP contribution in [0.2, 0.25) is 0 Å². The SMILES string of the molecule is C.COC(=O)c1cc(N)cc(NS(C)(=O)=O)c1.COC(C)=O.COCC(C)Nc1cc(NS(C)(=O)=O)cc(-c2nc3ncccc3[nH]2)c1.COCC(C)Nc1cc(NS(C)(=O)=O)cc(C(=O)OC)c1.COCC(C)OS(C)(=O)=O. The van der Waals surface area contributed by atoms with Crippen molar-refractivity contribution in [2.24, 2.45) is 0 Å². The van der Waals surface area contributed by atoms with Crippen LogP contribution in [0.25, 0.3) is 22.6 Å². The molecular formula is C48H75N9O18S4. The number of nitrogens with zero attached hydrogens (tertiary/aromatic N) is 2. The van der Waals surface area contributed by atoms with Gasteiger partial charge in [0.05, 0.1) is 106 Å². The summed E-state index contributed by atoms with van der Waals surface area (Å²) in [6.07, 6.45) is 5.45. The molecule has 31 heteroatoms. The van der Waals surface area contributed by atoms with Crippen LogP contribution in [0.1, 0.15) is 55.8 Å². The van der Waals surface area contributed by atoms with Gasteiger partial charge < -0.3 is 49.8 Å². The van der Waals surface area contributed by atoms with Gasteiger partial charge >= 0.3 is 17.9 Å². The molecule has 444 valence electrons. The average Bonchev–Trinajstić information content (AvgIpc) is 3.74. The fourth-order valence-electron chi connectivity index (χ4n) is 6.20. The molecule has 5 rings (SSSR count). The van der Waals surface area contributed by atoms with Crippen LogP contribution in [-0.2, 0) is 77.6 Å². The van der Waals surface area contributed by atoms with E-state index in [0.717, 1.165) is 41.8 Å². The van der Waals surface area contributed by atoms with E-state index in [4.69, 9.17) is 15.2 Å². The van der Waals surface area contributed by atoms with Crippen molar-refractivity contribution in [2.45, 2.75) is 53.3 Å². The fraction of sp³-hybridized carbons (Fsp3) is 0.438. The van der Waals surface area contributed by atoms with Crippen molar-refractivity contribution < 1.29 is 80.7 Å². The van der Waals surface area contributed by atoms with E-state index in [-0.39, 0.29) is 60.3 Å². The first-order valence-electron chi connectivity index (χ1n) is 22.7. The van der Waals surface area contributed by atoms with Gasteiger partial charge in [-0.1, -0.05) is 7.43 Å². The maximum absolute atomic E-state index is 11.6. The number of carbonyl (C=O) groups excluding carboxylic acids is 3. The third-order valence-electron chi connectivity index (χ3n) is 8.79. The van der Waals surface area contributed by atoms with Crippen molar-refractivity contribution in [2.75, 3.05) is 118 Å². The fourth-order valence-corrected chi connectivity index (χ4v) is 8.49. The number of fused-ring (bicyclic) bond motifs is 1. The molecule has 5 aromatic rings. The van der Waals surface area contributed by atoms with Crippen molar-refractivity contribution in [1.82, 2.24) is 15.0 Å². The summed E-state index contributed by atoms with van der Waals surface area (Å²) in [5.74, 6) is -0.762.